The molecule has 0 fully saturated rings. The van der Waals surface area contributed by atoms with Crippen LogP contribution in [0.4, 0.5) is 13.2 Å². The van der Waals surface area contributed by atoms with Crippen LogP contribution in [0, 0.1) is 5.92 Å². The van der Waals surface area contributed by atoms with E-state index >= 15 is 0 Å². The number of hydrogen-bond acceptors (Lipinski definition) is 2. The van der Waals surface area contributed by atoms with Gasteiger partial charge in [0.25, 0.3) is 0 Å². The standard InChI is InChI=1S/C14H24F3N5.HI/c1-5-18-13(19-7-6-10(2)3)20-8-11-9-22(4)21-12(11)14(15,16)17;/h9-10H,5-8H2,1-4H3,(H2,18,19,20);1H. The topological polar surface area (TPSA) is 54.2 Å². The minimum Gasteiger partial charge on any atom is -0.357 e. The lowest BCUT2D eigenvalue weighted by Crippen LogP contribution is -2.38. The zero-order valence-corrected chi connectivity index (χ0v) is 16.2. The lowest BCUT2D eigenvalue weighted by Gasteiger charge is -2.12. The van der Waals surface area contributed by atoms with Crippen molar-refractivity contribution in [2.45, 2.75) is 39.9 Å². The monoisotopic (exact) mass is 447 g/mol. The summed E-state index contributed by atoms with van der Waals surface area (Å²) in [7, 11) is 1.47. The highest BCUT2D eigenvalue weighted by molar-refractivity contribution is 14.0. The molecule has 23 heavy (non-hydrogen) atoms. The highest BCUT2D eigenvalue weighted by Gasteiger charge is 2.36. The predicted molar refractivity (Wildman–Crippen MR) is 95.9 cm³/mol. The van der Waals surface area contributed by atoms with Crippen LogP contribution in [0.2, 0.25) is 0 Å². The van der Waals surface area contributed by atoms with Gasteiger partial charge in [0.1, 0.15) is 0 Å². The molecule has 0 atom stereocenters. The van der Waals surface area contributed by atoms with Gasteiger partial charge in [0.15, 0.2) is 11.7 Å². The first-order valence-electron chi connectivity index (χ1n) is 7.36. The van der Waals surface area contributed by atoms with Crippen LogP contribution >= 0.6 is 24.0 Å². The second kappa shape index (κ2) is 9.99. The minimum absolute atomic E-state index is 0. The Morgan fingerprint density at radius 2 is 2.00 bits per heavy atom. The summed E-state index contributed by atoms with van der Waals surface area (Å²) in [5.74, 6) is 1.06. The summed E-state index contributed by atoms with van der Waals surface area (Å²) in [4.78, 5) is 4.21. The molecule has 0 aliphatic carbocycles. The van der Waals surface area contributed by atoms with E-state index in [0.29, 0.717) is 18.4 Å². The molecule has 9 heteroatoms. The molecule has 0 bridgehead atoms. The first-order valence-corrected chi connectivity index (χ1v) is 7.36. The Hall–Kier alpha value is -1.00. The van der Waals surface area contributed by atoms with E-state index in [1.54, 1.807) is 0 Å². The zero-order valence-electron chi connectivity index (χ0n) is 13.9. The van der Waals surface area contributed by atoms with E-state index in [2.05, 4.69) is 34.6 Å². The van der Waals surface area contributed by atoms with E-state index in [1.165, 1.54) is 13.2 Å². The largest absolute Gasteiger partial charge is 0.435 e. The molecule has 1 aromatic rings. The Kier molecular flexibility index (Phi) is 9.55. The second-order valence-corrected chi connectivity index (χ2v) is 5.48. The van der Waals surface area contributed by atoms with E-state index in [9.17, 15) is 13.2 Å². The number of nitrogens with one attached hydrogen (secondary N) is 2. The summed E-state index contributed by atoms with van der Waals surface area (Å²) < 4.78 is 39.8. The smallest absolute Gasteiger partial charge is 0.357 e. The second-order valence-electron chi connectivity index (χ2n) is 5.48. The molecule has 2 N–H and O–H groups in total. The van der Waals surface area contributed by atoms with Gasteiger partial charge in [0.05, 0.1) is 6.54 Å². The normalized spacial score (nSPS) is 12.3. The van der Waals surface area contributed by atoms with Crippen molar-refractivity contribution in [2.75, 3.05) is 13.1 Å². The van der Waals surface area contributed by atoms with Gasteiger partial charge in [-0.25, -0.2) is 4.99 Å². The highest BCUT2D eigenvalue weighted by atomic mass is 127. The number of aryl methyl sites for hydroxylation is 1. The number of rotatable bonds is 6. The fourth-order valence-corrected chi connectivity index (χ4v) is 1.88. The molecule has 5 nitrogen and oxygen atoms in total. The average molecular weight is 447 g/mol. The van der Waals surface area contributed by atoms with E-state index < -0.39 is 11.9 Å². The molecule has 134 valence electrons. The van der Waals surface area contributed by atoms with Crippen LogP contribution < -0.4 is 10.6 Å². The molecule has 0 amide bonds. The van der Waals surface area contributed by atoms with Crippen LogP contribution in [0.1, 0.15) is 38.4 Å². The number of nitrogens with zero attached hydrogens (tertiary/aromatic N) is 3. The molecule has 1 heterocycles. The van der Waals surface area contributed by atoms with Crippen molar-refractivity contribution >= 4 is 29.9 Å². The van der Waals surface area contributed by atoms with Crippen molar-refractivity contribution < 1.29 is 13.2 Å². The van der Waals surface area contributed by atoms with Crippen molar-refractivity contribution in [3.8, 4) is 0 Å². The summed E-state index contributed by atoms with van der Waals surface area (Å²) in [5, 5.41) is 9.61. The Bertz CT molecular complexity index is 497. The van der Waals surface area contributed by atoms with Crippen molar-refractivity contribution in [1.82, 2.24) is 20.4 Å². The van der Waals surface area contributed by atoms with Crippen LogP contribution in [0.25, 0.3) is 0 Å². The molecular formula is C14H25F3IN5. The van der Waals surface area contributed by atoms with Crippen LogP contribution in [0.15, 0.2) is 11.2 Å². The van der Waals surface area contributed by atoms with Gasteiger partial charge in [-0.05, 0) is 19.3 Å². The van der Waals surface area contributed by atoms with Gasteiger partial charge in [0.2, 0.25) is 0 Å². The summed E-state index contributed by atoms with van der Waals surface area (Å²) in [6.07, 6.45) is -2.15. The third-order valence-corrected chi connectivity index (χ3v) is 2.94. The van der Waals surface area contributed by atoms with Crippen molar-refractivity contribution in [3.63, 3.8) is 0 Å². The molecule has 0 aromatic carbocycles. The van der Waals surface area contributed by atoms with Gasteiger partial charge in [-0.3, -0.25) is 4.68 Å². The lowest BCUT2D eigenvalue weighted by atomic mass is 10.1. The lowest BCUT2D eigenvalue weighted by molar-refractivity contribution is -0.142. The van der Waals surface area contributed by atoms with Gasteiger partial charge < -0.3 is 10.6 Å². The maximum atomic E-state index is 12.9. The fraction of sp³-hybridized carbons (Fsp3) is 0.714. The SMILES string of the molecule is CCNC(=NCc1cn(C)nc1C(F)(F)F)NCCC(C)C.I. The molecule has 0 unspecified atom stereocenters. The van der Waals surface area contributed by atoms with Crippen molar-refractivity contribution in [2.24, 2.45) is 18.0 Å². The first kappa shape index (κ1) is 22.0. The maximum Gasteiger partial charge on any atom is 0.435 e. The number of aliphatic imine (C=N–C) groups is 1. The van der Waals surface area contributed by atoms with Crippen LogP contribution in [0.3, 0.4) is 0 Å². The molecule has 0 radical (unpaired) electrons. The average Bonchev–Trinajstić information content (AvgIpc) is 2.77. The Balaban J connectivity index is 0.00000484. The summed E-state index contributed by atoms with van der Waals surface area (Å²) in [5.41, 5.74) is -0.812. The van der Waals surface area contributed by atoms with E-state index in [-0.39, 0.29) is 36.1 Å². The highest BCUT2D eigenvalue weighted by Crippen LogP contribution is 2.30. The number of halogens is 4. The molecular weight excluding hydrogens is 422 g/mol. The molecule has 0 saturated carbocycles. The summed E-state index contributed by atoms with van der Waals surface area (Å²) in [6.45, 7) is 7.42. The minimum atomic E-state index is -4.46. The van der Waals surface area contributed by atoms with Crippen LogP contribution in [0.5, 0.6) is 0 Å². The Morgan fingerprint density at radius 3 is 2.52 bits per heavy atom. The fourth-order valence-electron chi connectivity index (χ4n) is 1.88. The molecule has 0 aliphatic heterocycles. The Morgan fingerprint density at radius 1 is 1.35 bits per heavy atom. The summed E-state index contributed by atoms with van der Waals surface area (Å²) in [6, 6.07) is 0. The number of guanidine groups is 1. The summed E-state index contributed by atoms with van der Waals surface area (Å²) >= 11 is 0. The van der Waals surface area contributed by atoms with Gasteiger partial charge in [0, 0.05) is 31.9 Å². The van der Waals surface area contributed by atoms with Gasteiger partial charge >= 0.3 is 6.18 Å². The Labute approximate surface area is 152 Å². The molecule has 0 saturated heterocycles. The molecule has 0 aliphatic rings. The third-order valence-electron chi connectivity index (χ3n) is 2.94. The van der Waals surface area contributed by atoms with Crippen LogP contribution in [-0.2, 0) is 19.8 Å². The maximum absolute atomic E-state index is 12.9. The van der Waals surface area contributed by atoms with Crippen molar-refractivity contribution in [1.29, 1.82) is 0 Å². The van der Waals surface area contributed by atoms with Crippen molar-refractivity contribution in [3.05, 3.63) is 17.5 Å². The molecule has 1 rings (SSSR count). The number of hydrogen-bond donors (Lipinski definition) is 2. The molecule has 0 spiro atoms. The number of alkyl halides is 3. The van der Waals surface area contributed by atoms with Crippen LogP contribution in [-0.4, -0.2) is 28.8 Å². The predicted octanol–water partition coefficient (Wildman–Crippen LogP) is 3.16. The first-order chi connectivity index (χ1) is 10.2. The zero-order chi connectivity index (χ0) is 16.8. The quantitative estimate of drug-likeness (QED) is 0.400. The molecule has 1 aromatic heterocycles. The van der Waals surface area contributed by atoms with E-state index in [1.807, 2.05) is 6.92 Å². The van der Waals surface area contributed by atoms with Gasteiger partial charge in [-0.15, -0.1) is 24.0 Å². The number of aromatic nitrogens is 2. The van der Waals surface area contributed by atoms with E-state index in [0.717, 1.165) is 17.6 Å². The van der Waals surface area contributed by atoms with E-state index in [4.69, 9.17) is 0 Å². The van der Waals surface area contributed by atoms with Gasteiger partial charge in [-0.1, -0.05) is 13.8 Å². The van der Waals surface area contributed by atoms with Gasteiger partial charge in [-0.2, -0.15) is 18.3 Å². The third kappa shape index (κ3) is 7.89.